The zero-order valence-electron chi connectivity index (χ0n) is 9.16. The van der Waals surface area contributed by atoms with Crippen molar-refractivity contribution in [2.75, 3.05) is 0 Å². The van der Waals surface area contributed by atoms with Crippen LogP contribution in [0.2, 0.25) is 0 Å². The van der Waals surface area contributed by atoms with Gasteiger partial charge in [-0.25, -0.2) is 0 Å². The molecule has 0 unspecified atom stereocenters. The molecule has 0 bridgehead atoms. The molecule has 3 aromatic rings. The van der Waals surface area contributed by atoms with E-state index in [1.165, 1.54) is 5.56 Å². The van der Waals surface area contributed by atoms with Crippen molar-refractivity contribution in [2.45, 2.75) is 13.3 Å². The second-order valence-electron chi connectivity index (χ2n) is 4.04. The Labute approximate surface area is 95.5 Å². The molecular weight excluding hydrogens is 195 g/mol. The zero-order valence-corrected chi connectivity index (χ0v) is 9.16. The molecule has 16 heavy (non-hydrogen) atoms. The minimum Gasteiger partial charge on any atom is -0.456 e. The Morgan fingerprint density at radius 1 is 1.00 bits per heavy atom. The maximum absolute atomic E-state index is 5.80. The Bertz CT molecular complexity index is 667. The molecule has 1 aromatic heterocycles. The van der Waals surface area contributed by atoms with Crippen LogP contribution in [0.4, 0.5) is 0 Å². The monoisotopic (exact) mass is 206 g/mol. The van der Waals surface area contributed by atoms with Crippen LogP contribution in [0.15, 0.2) is 40.8 Å². The first-order valence-corrected chi connectivity index (χ1v) is 5.48. The largest absolute Gasteiger partial charge is 0.456 e. The molecular formula is C14H11BO. The van der Waals surface area contributed by atoms with Crippen LogP contribution in [-0.4, -0.2) is 7.85 Å². The van der Waals surface area contributed by atoms with E-state index in [4.69, 9.17) is 12.3 Å². The summed E-state index contributed by atoms with van der Waals surface area (Å²) in [6, 6.07) is 12.1. The molecule has 0 fully saturated rings. The number of benzene rings is 2. The van der Waals surface area contributed by atoms with E-state index in [0.29, 0.717) is 0 Å². The fourth-order valence-electron chi connectivity index (χ4n) is 2.06. The van der Waals surface area contributed by atoms with Crippen molar-refractivity contribution < 1.29 is 4.42 Å². The maximum Gasteiger partial charge on any atom is 0.135 e. The molecule has 0 aliphatic carbocycles. The van der Waals surface area contributed by atoms with Crippen LogP contribution < -0.4 is 5.46 Å². The van der Waals surface area contributed by atoms with Crippen molar-refractivity contribution in [1.82, 2.24) is 0 Å². The molecule has 0 aliphatic rings. The Morgan fingerprint density at radius 2 is 1.69 bits per heavy atom. The van der Waals surface area contributed by atoms with Crippen LogP contribution in [0.5, 0.6) is 0 Å². The molecule has 0 aliphatic heterocycles. The van der Waals surface area contributed by atoms with Crippen LogP contribution in [0.1, 0.15) is 12.5 Å². The molecule has 0 atom stereocenters. The molecule has 0 amide bonds. The predicted octanol–water partition coefficient (Wildman–Crippen LogP) is 2.94. The van der Waals surface area contributed by atoms with E-state index >= 15 is 0 Å². The van der Waals surface area contributed by atoms with E-state index in [2.05, 4.69) is 19.1 Å². The molecule has 76 valence electrons. The van der Waals surface area contributed by atoms with E-state index in [9.17, 15) is 0 Å². The van der Waals surface area contributed by atoms with Gasteiger partial charge in [0, 0.05) is 10.8 Å². The third-order valence-corrected chi connectivity index (χ3v) is 2.97. The molecule has 1 heterocycles. The van der Waals surface area contributed by atoms with E-state index < -0.39 is 0 Å². The fourth-order valence-corrected chi connectivity index (χ4v) is 2.06. The number of hydrogen-bond donors (Lipinski definition) is 0. The van der Waals surface area contributed by atoms with Gasteiger partial charge in [0.15, 0.2) is 0 Å². The first-order chi connectivity index (χ1) is 7.78. The minimum absolute atomic E-state index is 0.775. The topological polar surface area (TPSA) is 13.1 Å². The fraction of sp³-hybridized carbons (Fsp3) is 0.143. The van der Waals surface area contributed by atoms with Crippen LogP contribution in [0, 0.1) is 0 Å². The molecule has 2 heteroatoms. The van der Waals surface area contributed by atoms with Gasteiger partial charge in [-0.05, 0) is 30.2 Å². The summed E-state index contributed by atoms with van der Waals surface area (Å²) in [7, 11) is 5.80. The number of hydrogen-bond acceptors (Lipinski definition) is 1. The van der Waals surface area contributed by atoms with Gasteiger partial charge in [-0.15, -0.1) is 0 Å². The normalized spacial score (nSPS) is 11.3. The summed E-state index contributed by atoms with van der Waals surface area (Å²) in [5, 5.41) is 2.26. The van der Waals surface area contributed by atoms with Crippen molar-refractivity contribution in [3.8, 4) is 0 Å². The highest BCUT2D eigenvalue weighted by molar-refractivity contribution is 6.33. The minimum atomic E-state index is 0.775. The third-order valence-electron chi connectivity index (χ3n) is 2.97. The van der Waals surface area contributed by atoms with Gasteiger partial charge in [0.25, 0.3) is 0 Å². The molecule has 2 aromatic carbocycles. The lowest BCUT2D eigenvalue weighted by atomic mass is 9.94. The van der Waals surface area contributed by atoms with Gasteiger partial charge in [-0.3, -0.25) is 0 Å². The van der Waals surface area contributed by atoms with Crippen LogP contribution in [-0.2, 0) is 6.42 Å². The Morgan fingerprint density at radius 3 is 2.44 bits per heavy atom. The highest BCUT2D eigenvalue weighted by Gasteiger charge is 2.06. The van der Waals surface area contributed by atoms with Crippen molar-refractivity contribution in [1.29, 1.82) is 0 Å². The van der Waals surface area contributed by atoms with Crippen molar-refractivity contribution in [3.63, 3.8) is 0 Å². The van der Waals surface area contributed by atoms with Gasteiger partial charge in [0.05, 0.1) is 0 Å². The Kier molecular flexibility index (Phi) is 2.03. The van der Waals surface area contributed by atoms with Crippen LogP contribution >= 0.6 is 0 Å². The smallest absolute Gasteiger partial charge is 0.135 e. The van der Waals surface area contributed by atoms with Gasteiger partial charge >= 0.3 is 0 Å². The molecule has 1 nitrogen and oxygen atoms in total. The first-order valence-electron chi connectivity index (χ1n) is 5.48. The SMILES string of the molecule is [B]c1ccc2oc3ccc(CC)cc3c2c1. The standard InChI is InChI=1S/C14H11BO/c1-2-9-3-5-13-11(7-9)12-8-10(15)4-6-14(12)16-13/h3-8H,2H2,1H3. The number of furan rings is 1. The summed E-state index contributed by atoms with van der Waals surface area (Å²) in [5.74, 6) is 0. The summed E-state index contributed by atoms with van der Waals surface area (Å²) in [5.41, 5.74) is 3.92. The summed E-state index contributed by atoms with van der Waals surface area (Å²) in [6.45, 7) is 2.15. The van der Waals surface area contributed by atoms with Crippen LogP contribution in [0.3, 0.4) is 0 Å². The summed E-state index contributed by atoms with van der Waals surface area (Å²) >= 11 is 0. The average molecular weight is 206 g/mol. The molecule has 0 saturated heterocycles. The van der Waals surface area contributed by atoms with Gasteiger partial charge in [-0.2, -0.15) is 0 Å². The van der Waals surface area contributed by atoms with Gasteiger partial charge < -0.3 is 4.42 Å². The van der Waals surface area contributed by atoms with Gasteiger partial charge in [0.2, 0.25) is 0 Å². The van der Waals surface area contributed by atoms with E-state index in [0.717, 1.165) is 33.8 Å². The van der Waals surface area contributed by atoms with Gasteiger partial charge in [-0.1, -0.05) is 30.6 Å². The number of rotatable bonds is 1. The first kappa shape index (κ1) is 9.53. The summed E-state index contributed by atoms with van der Waals surface area (Å²) in [6.07, 6.45) is 1.03. The zero-order chi connectivity index (χ0) is 11.1. The second-order valence-corrected chi connectivity index (χ2v) is 4.04. The lowest BCUT2D eigenvalue weighted by Gasteiger charge is -1.96. The highest BCUT2D eigenvalue weighted by atomic mass is 16.3. The van der Waals surface area contributed by atoms with Crippen molar-refractivity contribution >= 4 is 35.2 Å². The Balaban J connectivity index is 2.44. The number of aryl methyl sites for hydroxylation is 1. The van der Waals surface area contributed by atoms with Crippen molar-refractivity contribution in [2.24, 2.45) is 0 Å². The van der Waals surface area contributed by atoms with E-state index in [1.54, 1.807) is 0 Å². The molecule has 0 N–H and O–H groups in total. The number of fused-ring (bicyclic) bond motifs is 3. The van der Waals surface area contributed by atoms with E-state index in [-0.39, 0.29) is 0 Å². The van der Waals surface area contributed by atoms with E-state index in [1.807, 2.05) is 24.3 Å². The molecule has 3 rings (SSSR count). The lowest BCUT2D eigenvalue weighted by molar-refractivity contribution is 0.669. The second kappa shape index (κ2) is 3.41. The maximum atomic E-state index is 5.80. The molecule has 0 spiro atoms. The molecule has 0 saturated carbocycles. The molecule has 2 radical (unpaired) electrons. The van der Waals surface area contributed by atoms with Crippen molar-refractivity contribution in [3.05, 3.63) is 42.0 Å². The lowest BCUT2D eigenvalue weighted by Crippen LogP contribution is -1.98. The summed E-state index contributed by atoms with van der Waals surface area (Å²) in [4.78, 5) is 0. The summed E-state index contributed by atoms with van der Waals surface area (Å²) < 4.78 is 5.75. The van der Waals surface area contributed by atoms with Gasteiger partial charge in [0.1, 0.15) is 19.0 Å². The Hall–Kier alpha value is -1.70. The predicted molar refractivity (Wildman–Crippen MR) is 68.5 cm³/mol. The highest BCUT2D eigenvalue weighted by Crippen LogP contribution is 2.28. The van der Waals surface area contributed by atoms with Crippen LogP contribution in [0.25, 0.3) is 21.9 Å². The third kappa shape index (κ3) is 1.34. The quantitative estimate of drug-likeness (QED) is 0.558. The average Bonchev–Trinajstić information content (AvgIpc) is 2.66.